The molecule has 2 aromatic rings. The van der Waals surface area contributed by atoms with E-state index in [9.17, 15) is 14.4 Å². The molecule has 0 radical (unpaired) electrons. The van der Waals surface area contributed by atoms with Gasteiger partial charge in [-0.25, -0.2) is 4.79 Å². The molecule has 0 unspecified atom stereocenters. The Morgan fingerprint density at radius 2 is 2.17 bits per heavy atom. The number of nitrogens with one attached hydrogen (secondary N) is 1. The van der Waals surface area contributed by atoms with Gasteiger partial charge in [-0.2, -0.15) is 0 Å². The molecule has 1 aliphatic carbocycles. The molecule has 3 rings (SSSR count). The first-order chi connectivity index (χ1) is 11.5. The number of hydrogen-bond acceptors (Lipinski definition) is 5. The summed E-state index contributed by atoms with van der Waals surface area (Å²) in [6.07, 6.45) is 4.38. The highest BCUT2D eigenvalue weighted by Crippen LogP contribution is 2.38. The van der Waals surface area contributed by atoms with Crippen LogP contribution >= 0.6 is 11.3 Å². The number of fused-ring (bicyclic) bond motifs is 1. The minimum Gasteiger partial charge on any atom is -0.451 e. The molecule has 126 valence electrons. The van der Waals surface area contributed by atoms with E-state index < -0.39 is 24.4 Å². The Labute approximate surface area is 142 Å². The van der Waals surface area contributed by atoms with Gasteiger partial charge in [-0.3, -0.25) is 9.59 Å². The van der Waals surface area contributed by atoms with E-state index in [-0.39, 0.29) is 0 Å². The summed E-state index contributed by atoms with van der Waals surface area (Å²) in [5.41, 5.74) is 7.11. The third-order valence-electron chi connectivity index (χ3n) is 3.91. The summed E-state index contributed by atoms with van der Waals surface area (Å²) in [5, 5.41) is 3.07. The van der Waals surface area contributed by atoms with Gasteiger partial charge in [0.15, 0.2) is 6.61 Å². The van der Waals surface area contributed by atoms with Gasteiger partial charge in [0.2, 0.25) is 0 Å². The Morgan fingerprint density at radius 1 is 1.38 bits per heavy atom. The number of aromatic nitrogens is 1. The minimum atomic E-state index is -0.582. The normalized spacial score (nSPS) is 12.7. The van der Waals surface area contributed by atoms with Crippen molar-refractivity contribution in [2.75, 3.05) is 11.9 Å². The van der Waals surface area contributed by atoms with Crippen LogP contribution in [0, 0.1) is 0 Å². The number of carbonyl (C=O) groups is 3. The summed E-state index contributed by atoms with van der Waals surface area (Å²) in [6, 6.07) is 3.32. The second-order valence-electron chi connectivity index (χ2n) is 5.55. The van der Waals surface area contributed by atoms with E-state index >= 15 is 0 Å². The zero-order valence-electron chi connectivity index (χ0n) is 13.1. The Balaban J connectivity index is 1.65. The van der Waals surface area contributed by atoms with Crippen molar-refractivity contribution in [2.24, 2.45) is 12.8 Å². The molecule has 24 heavy (non-hydrogen) atoms. The number of thiophene rings is 1. The maximum absolute atomic E-state index is 12.0. The number of esters is 1. The first-order valence-electron chi connectivity index (χ1n) is 7.50. The van der Waals surface area contributed by atoms with Crippen molar-refractivity contribution in [3.8, 4) is 0 Å². The minimum absolute atomic E-state index is 0.357. The molecule has 2 heterocycles. The third kappa shape index (κ3) is 3.05. The van der Waals surface area contributed by atoms with E-state index in [1.807, 2.05) is 0 Å². The predicted molar refractivity (Wildman–Crippen MR) is 89.2 cm³/mol. The highest BCUT2D eigenvalue weighted by Gasteiger charge is 2.26. The van der Waals surface area contributed by atoms with Gasteiger partial charge in [0.05, 0.1) is 5.56 Å². The number of nitrogens with zero attached hydrogens (tertiary/aromatic N) is 1. The van der Waals surface area contributed by atoms with Crippen molar-refractivity contribution < 1.29 is 19.1 Å². The van der Waals surface area contributed by atoms with Crippen molar-refractivity contribution in [3.63, 3.8) is 0 Å². The number of hydrogen-bond donors (Lipinski definition) is 2. The van der Waals surface area contributed by atoms with Crippen LogP contribution in [0.1, 0.15) is 37.7 Å². The number of primary amides is 1. The summed E-state index contributed by atoms with van der Waals surface area (Å²) in [7, 11) is 1.71. The quantitative estimate of drug-likeness (QED) is 0.799. The fraction of sp³-hybridized carbons (Fsp3) is 0.312. The number of nitrogens with two attached hydrogens (primary N) is 1. The lowest BCUT2D eigenvalue weighted by atomic mass is 10.1. The SMILES string of the molecule is Cn1cccc1C(=O)OCC(=O)Nc1sc2c(c1C(N)=O)CCC2. The maximum atomic E-state index is 12.0. The molecule has 1 aliphatic rings. The molecule has 8 heteroatoms. The molecule has 0 aliphatic heterocycles. The van der Waals surface area contributed by atoms with Crippen LogP contribution in [0.25, 0.3) is 0 Å². The maximum Gasteiger partial charge on any atom is 0.355 e. The van der Waals surface area contributed by atoms with Crippen molar-refractivity contribution in [2.45, 2.75) is 19.3 Å². The van der Waals surface area contributed by atoms with Crippen molar-refractivity contribution in [1.82, 2.24) is 4.57 Å². The van der Waals surface area contributed by atoms with Gasteiger partial charge in [-0.05, 0) is 37.0 Å². The van der Waals surface area contributed by atoms with Gasteiger partial charge in [0.25, 0.3) is 11.8 Å². The van der Waals surface area contributed by atoms with E-state index in [0.29, 0.717) is 16.3 Å². The Kier molecular flexibility index (Phi) is 4.39. The van der Waals surface area contributed by atoms with Gasteiger partial charge in [0.1, 0.15) is 10.7 Å². The van der Waals surface area contributed by atoms with Gasteiger partial charge in [0, 0.05) is 18.1 Å². The fourth-order valence-corrected chi connectivity index (χ4v) is 4.10. The van der Waals surface area contributed by atoms with Crippen LogP contribution in [0.2, 0.25) is 0 Å². The van der Waals surface area contributed by atoms with Crippen LogP contribution in [0.3, 0.4) is 0 Å². The molecule has 3 N–H and O–H groups in total. The average molecular weight is 347 g/mol. The molecule has 0 spiro atoms. The van der Waals surface area contributed by atoms with Crippen LogP contribution in [0.5, 0.6) is 0 Å². The van der Waals surface area contributed by atoms with Gasteiger partial charge < -0.3 is 20.4 Å². The first kappa shape index (κ1) is 16.3. The number of anilines is 1. The van der Waals surface area contributed by atoms with Gasteiger partial charge >= 0.3 is 5.97 Å². The molecular formula is C16H17N3O4S. The lowest BCUT2D eigenvalue weighted by Crippen LogP contribution is -2.23. The molecule has 0 saturated carbocycles. The van der Waals surface area contributed by atoms with Crippen LogP contribution < -0.4 is 11.1 Å². The number of ether oxygens (including phenoxy) is 1. The predicted octanol–water partition coefficient (Wildman–Crippen LogP) is 1.47. The second kappa shape index (κ2) is 6.48. The number of aryl methyl sites for hydroxylation is 2. The lowest BCUT2D eigenvalue weighted by molar-refractivity contribution is -0.119. The number of carbonyl (C=O) groups excluding carboxylic acids is 3. The Morgan fingerprint density at radius 3 is 2.83 bits per heavy atom. The van der Waals surface area contributed by atoms with Gasteiger partial charge in [-0.15, -0.1) is 11.3 Å². The number of rotatable bonds is 5. The molecule has 0 saturated heterocycles. The summed E-state index contributed by atoms with van der Waals surface area (Å²) >= 11 is 1.36. The highest BCUT2D eigenvalue weighted by atomic mass is 32.1. The summed E-state index contributed by atoms with van der Waals surface area (Å²) < 4.78 is 6.60. The fourth-order valence-electron chi connectivity index (χ4n) is 2.79. The van der Waals surface area contributed by atoms with Crippen molar-refractivity contribution >= 4 is 34.1 Å². The number of amides is 2. The van der Waals surface area contributed by atoms with Crippen molar-refractivity contribution in [1.29, 1.82) is 0 Å². The second-order valence-corrected chi connectivity index (χ2v) is 6.66. The molecule has 0 atom stereocenters. The Bertz CT molecular complexity index is 821. The largest absolute Gasteiger partial charge is 0.451 e. The molecule has 0 fully saturated rings. The van der Waals surface area contributed by atoms with E-state index in [2.05, 4.69) is 5.32 Å². The molecule has 0 bridgehead atoms. The Hall–Kier alpha value is -2.61. The van der Waals surface area contributed by atoms with Crippen LogP contribution in [0.4, 0.5) is 5.00 Å². The zero-order valence-corrected chi connectivity index (χ0v) is 13.9. The monoisotopic (exact) mass is 347 g/mol. The van der Waals surface area contributed by atoms with E-state index in [0.717, 1.165) is 29.7 Å². The molecular weight excluding hydrogens is 330 g/mol. The van der Waals surface area contributed by atoms with E-state index in [1.54, 1.807) is 29.9 Å². The first-order valence-corrected chi connectivity index (χ1v) is 8.31. The van der Waals surface area contributed by atoms with Gasteiger partial charge in [-0.1, -0.05) is 0 Å². The molecule has 7 nitrogen and oxygen atoms in total. The van der Waals surface area contributed by atoms with Crippen LogP contribution in [0.15, 0.2) is 18.3 Å². The van der Waals surface area contributed by atoms with Crippen LogP contribution in [-0.2, 0) is 29.4 Å². The molecule has 2 amide bonds. The van der Waals surface area contributed by atoms with E-state index in [4.69, 9.17) is 10.5 Å². The van der Waals surface area contributed by atoms with Crippen molar-refractivity contribution in [3.05, 3.63) is 40.0 Å². The smallest absolute Gasteiger partial charge is 0.355 e. The summed E-state index contributed by atoms with van der Waals surface area (Å²) in [5.74, 6) is -1.63. The summed E-state index contributed by atoms with van der Waals surface area (Å²) in [4.78, 5) is 36.7. The van der Waals surface area contributed by atoms with E-state index in [1.165, 1.54) is 11.3 Å². The lowest BCUT2D eigenvalue weighted by Gasteiger charge is -2.07. The standard InChI is InChI=1S/C16H17N3O4S/c1-19-7-3-5-10(19)16(22)23-8-12(20)18-15-13(14(17)21)9-4-2-6-11(9)24-15/h3,5,7H,2,4,6,8H2,1H3,(H2,17,21)(H,18,20). The third-order valence-corrected chi connectivity index (χ3v) is 5.12. The summed E-state index contributed by atoms with van der Waals surface area (Å²) in [6.45, 7) is -0.426. The molecule has 0 aromatic carbocycles. The van der Waals surface area contributed by atoms with Crippen LogP contribution in [-0.4, -0.2) is 29.0 Å². The topological polar surface area (TPSA) is 103 Å². The highest BCUT2D eigenvalue weighted by molar-refractivity contribution is 7.17. The molecule has 2 aromatic heterocycles. The zero-order chi connectivity index (χ0) is 17.3. The average Bonchev–Trinajstić information content (AvgIpc) is 3.19.